The minimum absolute atomic E-state index is 0.144. The van der Waals surface area contributed by atoms with Crippen LogP contribution in [0.25, 0.3) is 0 Å². The molecule has 0 aliphatic carbocycles. The predicted octanol–water partition coefficient (Wildman–Crippen LogP) is 4.46. The molecule has 0 atom stereocenters. The summed E-state index contributed by atoms with van der Waals surface area (Å²) in [5, 5.41) is 4.44. The van der Waals surface area contributed by atoms with E-state index in [0.717, 1.165) is 5.56 Å². The number of hydrogen-bond acceptors (Lipinski definition) is 3. The number of nitrogens with zero attached hydrogens (tertiary/aromatic N) is 1. The Labute approximate surface area is 194 Å². The second-order valence-electron chi connectivity index (χ2n) is 7.37. The van der Waals surface area contributed by atoms with E-state index in [2.05, 4.69) is 5.32 Å². The van der Waals surface area contributed by atoms with Gasteiger partial charge in [0.1, 0.15) is 0 Å². The van der Waals surface area contributed by atoms with Crippen molar-refractivity contribution in [2.45, 2.75) is 19.3 Å². The molecule has 3 aromatic rings. The molecule has 0 spiro atoms. The average Bonchev–Trinajstić information content (AvgIpc) is 2.85. The van der Waals surface area contributed by atoms with Crippen molar-refractivity contribution >= 4 is 23.4 Å². The maximum Gasteiger partial charge on any atom is 0.471 e. The molecule has 0 saturated carbocycles. The number of amides is 3. The molecule has 34 heavy (non-hydrogen) atoms. The molecule has 6 nitrogen and oxygen atoms in total. The predicted molar refractivity (Wildman–Crippen MR) is 121 cm³/mol. The van der Waals surface area contributed by atoms with Crippen molar-refractivity contribution in [3.05, 3.63) is 102 Å². The first-order valence-electron chi connectivity index (χ1n) is 10.4. The van der Waals surface area contributed by atoms with Gasteiger partial charge in [0.05, 0.1) is 13.1 Å². The van der Waals surface area contributed by atoms with Crippen LogP contribution in [0.15, 0.2) is 84.9 Å². The van der Waals surface area contributed by atoms with Gasteiger partial charge in [0.2, 0.25) is 0 Å². The normalized spacial score (nSPS) is 10.9. The number of alkyl halides is 3. The summed E-state index contributed by atoms with van der Waals surface area (Å²) >= 11 is 0. The number of para-hydroxylation sites is 1. The lowest BCUT2D eigenvalue weighted by Gasteiger charge is -2.23. The fourth-order valence-corrected chi connectivity index (χ4v) is 3.10. The molecule has 3 amide bonds. The van der Waals surface area contributed by atoms with E-state index in [1.54, 1.807) is 34.5 Å². The van der Waals surface area contributed by atoms with Crippen molar-refractivity contribution in [1.82, 2.24) is 10.6 Å². The highest BCUT2D eigenvalue weighted by molar-refractivity contribution is 5.99. The van der Waals surface area contributed by atoms with Crippen LogP contribution < -0.4 is 15.5 Å². The van der Waals surface area contributed by atoms with Gasteiger partial charge >= 0.3 is 18.1 Å². The van der Waals surface area contributed by atoms with Crippen LogP contribution in [-0.4, -0.2) is 30.4 Å². The van der Waals surface area contributed by atoms with Crippen LogP contribution in [0.5, 0.6) is 0 Å². The Morgan fingerprint density at radius 2 is 1.32 bits per heavy atom. The fraction of sp³-hybridized carbons (Fsp3) is 0.160. The van der Waals surface area contributed by atoms with E-state index in [4.69, 9.17) is 0 Å². The van der Waals surface area contributed by atoms with Crippen LogP contribution in [0, 0.1) is 0 Å². The molecule has 0 radical (unpaired) electrons. The summed E-state index contributed by atoms with van der Waals surface area (Å²) in [6, 6.07) is 24.3. The summed E-state index contributed by atoms with van der Waals surface area (Å²) in [4.78, 5) is 37.5. The van der Waals surface area contributed by atoms with Gasteiger partial charge < -0.3 is 10.6 Å². The molecule has 3 aromatic carbocycles. The molecule has 176 valence electrons. The molecule has 0 aliphatic rings. The van der Waals surface area contributed by atoms with E-state index in [0.29, 0.717) is 17.8 Å². The van der Waals surface area contributed by atoms with E-state index in [1.165, 1.54) is 12.1 Å². The lowest BCUT2D eigenvalue weighted by atomic mass is 10.1. The second kappa shape index (κ2) is 11.1. The Bertz CT molecular complexity index is 1120. The first-order chi connectivity index (χ1) is 16.2. The minimum Gasteiger partial charge on any atom is -0.341 e. The number of ketones is 1. The first kappa shape index (κ1) is 24.5. The molecular weight excluding hydrogens is 447 g/mol. The molecule has 0 aliphatic heterocycles. The zero-order chi connectivity index (χ0) is 24.6. The lowest BCUT2D eigenvalue weighted by Crippen LogP contribution is -2.39. The van der Waals surface area contributed by atoms with Crippen molar-refractivity contribution in [3.63, 3.8) is 0 Å². The maximum atomic E-state index is 13.0. The van der Waals surface area contributed by atoms with E-state index in [-0.39, 0.29) is 18.1 Å². The Morgan fingerprint density at radius 3 is 1.91 bits per heavy atom. The molecular formula is C25H22F3N3O3. The van der Waals surface area contributed by atoms with Crippen LogP contribution in [-0.2, 0) is 17.9 Å². The highest BCUT2D eigenvalue weighted by atomic mass is 19.4. The summed E-state index contributed by atoms with van der Waals surface area (Å²) < 4.78 is 36.8. The number of anilines is 1. The first-order valence-corrected chi connectivity index (χ1v) is 10.4. The van der Waals surface area contributed by atoms with E-state index >= 15 is 0 Å². The van der Waals surface area contributed by atoms with Crippen LogP contribution in [0.3, 0.4) is 0 Å². The number of halogens is 3. The second-order valence-corrected chi connectivity index (χ2v) is 7.37. The Kier molecular flexibility index (Phi) is 8.02. The van der Waals surface area contributed by atoms with Crippen LogP contribution in [0.4, 0.5) is 23.7 Å². The van der Waals surface area contributed by atoms with Crippen molar-refractivity contribution in [1.29, 1.82) is 0 Å². The molecule has 0 unspecified atom stereocenters. The highest BCUT2D eigenvalue weighted by Gasteiger charge is 2.38. The molecule has 9 heteroatoms. The maximum absolute atomic E-state index is 13.0. The van der Waals surface area contributed by atoms with Crippen molar-refractivity contribution in [3.8, 4) is 0 Å². The number of Topliss-reactive ketones (excluding diaryl/α,β-unsaturated/α-hetero) is 1. The van der Waals surface area contributed by atoms with E-state index < -0.39 is 24.4 Å². The van der Waals surface area contributed by atoms with Gasteiger partial charge in [0, 0.05) is 17.8 Å². The summed E-state index contributed by atoms with van der Waals surface area (Å²) in [5.74, 6) is -2.83. The summed E-state index contributed by atoms with van der Waals surface area (Å²) in [6.07, 6.45) is -5.05. The molecule has 0 aromatic heterocycles. The standard InChI is InChI=1S/C25H22F3N3O3/c26-25(27,28)23(33)29-16-22(32)20-13-11-19(12-14-20)17-31(21-9-5-2-6-10-21)24(34)30-15-18-7-3-1-4-8-18/h1-14H,15-17H2,(H,29,33)(H,30,34). The number of hydrogen-bond donors (Lipinski definition) is 2. The summed E-state index contributed by atoms with van der Waals surface area (Å²) in [7, 11) is 0. The molecule has 0 fully saturated rings. The van der Waals surface area contributed by atoms with Crippen LogP contribution >= 0.6 is 0 Å². The SMILES string of the molecule is O=C(CNC(=O)C(F)(F)F)c1ccc(CN(C(=O)NCc2ccccc2)c2ccccc2)cc1. The number of rotatable bonds is 8. The number of urea groups is 1. The zero-order valence-electron chi connectivity index (χ0n) is 18.0. The van der Waals surface area contributed by atoms with Gasteiger partial charge in [-0.15, -0.1) is 0 Å². The third kappa shape index (κ3) is 6.93. The van der Waals surface area contributed by atoms with Gasteiger partial charge in [0.25, 0.3) is 0 Å². The van der Waals surface area contributed by atoms with Gasteiger partial charge in [-0.05, 0) is 23.3 Å². The van der Waals surface area contributed by atoms with Crippen molar-refractivity contribution < 1.29 is 27.6 Å². The summed E-state index contributed by atoms with van der Waals surface area (Å²) in [5.41, 5.74) is 2.47. The average molecular weight is 469 g/mol. The number of benzene rings is 3. The van der Waals surface area contributed by atoms with Crippen molar-refractivity contribution in [2.75, 3.05) is 11.4 Å². The van der Waals surface area contributed by atoms with Crippen LogP contribution in [0.1, 0.15) is 21.5 Å². The van der Waals surface area contributed by atoms with Crippen LogP contribution in [0.2, 0.25) is 0 Å². The van der Waals surface area contributed by atoms with Gasteiger partial charge in [0.15, 0.2) is 5.78 Å². The molecule has 0 saturated heterocycles. The molecule has 0 heterocycles. The largest absolute Gasteiger partial charge is 0.471 e. The quantitative estimate of drug-likeness (QED) is 0.478. The lowest BCUT2D eigenvalue weighted by molar-refractivity contribution is -0.173. The Hall–Kier alpha value is -4.14. The molecule has 3 rings (SSSR count). The van der Waals surface area contributed by atoms with E-state index in [1.807, 2.05) is 48.5 Å². The van der Waals surface area contributed by atoms with Gasteiger partial charge in [-0.25, -0.2) is 4.79 Å². The minimum atomic E-state index is -5.05. The Morgan fingerprint density at radius 1 is 0.735 bits per heavy atom. The van der Waals surface area contributed by atoms with Gasteiger partial charge in [-0.2, -0.15) is 13.2 Å². The van der Waals surface area contributed by atoms with Gasteiger partial charge in [-0.3, -0.25) is 14.5 Å². The highest BCUT2D eigenvalue weighted by Crippen LogP contribution is 2.18. The third-order valence-corrected chi connectivity index (χ3v) is 4.88. The zero-order valence-corrected chi connectivity index (χ0v) is 18.0. The number of carbonyl (C=O) groups is 3. The van der Waals surface area contributed by atoms with Crippen molar-refractivity contribution in [2.24, 2.45) is 0 Å². The monoisotopic (exact) mass is 469 g/mol. The topological polar surface area (TPSA) is 78.5 Å². The number of carbonyl (C=O) groups excluding carboxylic acids is 3. The third-order valence-electron chi connectivity index (χ3n) is 4.88. The van der Waals surface area contributed by atoms with E-state index in [9.17, 15) is 27.6 Å². The molecule has 0 bridgehead atoms. The summed E-state index contributed by atoms with van der Waals surface area (Å²) in [6.45, 7) is -0.222. The Balaban J connectivity index is 1.67. The smallest absolute Gasteiger partial charge is 0.341 e. The van der Waals surface area contributed by atoms with Gasteiger partial charge in [-0.1, -0.05) is 72.8 Å². The number of nitrogens with one attached hydrogen (secondary N) is 2. The fourth-order valence-electron chi connectivity index (χ4n) is 3.10. The molecule has 2 N–H and O–H groups in total.